The zero-order valence-corrected chi connectivity index (χ0v) is 8.72. The van der Waals surface area contributed by atoms with Gasteiger partial charge in [0.05, 0.1) is 25.0 Å². The minimum atomic E-state index is -0.621. The summed E-state index contributed by atoms with van der Waals surface area (Å²) in [5, 5.41) is 4.05. The summed E-state index contributed by atoms with van der Waals surface area (Å²) in [5.41, 5.74) is 10.5. The van der Waals surface area contributed by atoms with Gasteiger partial charge in [0.2, 0.25) is 5.91 Å². The van der Waals surface area contributed by atoms with Crippen LogP contribution >= 0.6 is 0 Å². The number of hydrogen-bond donors (Lipinski definition) is 2. The number of rotatable bonds is 6. The molecule has 1 aromatic heterocycles. The van der Waals surface area contributed by atoms with Crippen molar-refractivity contribution >= 4 is 5.91 Å². The lowest BCUT2D eigenvalue weighted by atomic mass is 10.2. The largest absolute Gasteiger partial charge is 0.491 e. The Morgan fingerprint density at radius 2 is 2.47 bits per heavy atom. The maximum absolute atomic E-state index is 10.7. The monoisotopic (exact) mass is 212 g/mol. The molecular formula is C9H16N4O2. The second-order valence-corrected chi connectivity index (χ2v) is 3.17. The number of ether oxygens (including phenoxy) is 1. The van der Waals surface area contributed by atoms with E-state index in [-0.39, 0.29) is 0 Å². The number of hydrogen-bond acceptors (Lipinski definition) is 4. The van der Waals surface area contributed by atoms with Gasteiger partial charge in [-0.2, -0.15) is 5.10 Å². The zero-order chi connectivity index (χ0) is 11.3. The van der Waals surface area contributed by atoms with Gasteiger partial charge in [-0.05, 0) is 13.3 Å². The molecule has 6 nitrogen and oxygen atoms in total. The number of nitrogens with zero attached hydrogens (tertiary/aromatic N) is 2. The van der Waals surface area contributed by atoms with Crippen LogP contribution in [0.3, 0.4) is 0 Å². The Balaban J connectivity index is 2.40. The van der Waals surface area contributed by atoms with Gasteiger partial charge in [0.15, 0.2) is 5.75 Å². The Morgan fingerprint density at radius 3 is 3.07 bits per heavy atom. The number of primary amides is 1. The molecule has 1 unspecified atom stereocenters. The average molecular weight is 212 g/mol. The van der Waals surface area contributed by atoms with Crippen LogP contribution in [-0.2, 0) is 11.3 Å². The molecule has 0 aromatic carbocycles. The molecule has 1 atom stereocenters. The Morgan fingerprint density at radius 1 is 1.73 bits per heavy atom. The molecule has 6 heteroatoms. The van der Waals surface area contributed by atoms with Gasteiger partial charge in [-0.15, -0.1) is 0 Å². The first-order valence-electron chi connectivity index (χ1n) is 4.83. The second-order valence-electron chi connectivity index (χ2n) is 3.17. The van der Waals surface area contributed by atoms with E-state index in [9.17, 15) is 4.79 Å². The topological polar surface area (TPSA) is 96.2 Å². The average Bonchev–Trinajstić information content (AvgIpc) is 2.62. The molecule has 1 amide bonds. The molecule has 0 fully saturated rings. The van der Waals surface area contributed by atoms with Crippen LogP contribution in [0.5, 0.6) is 5.75 Å². The SMILES string of the molecule is CCOc1cnn(CCC(N)C(N)=O)c1. The van der Waals surface area contributed by atoms with Crippen LogP contribution in [-0.4, -0.2) is 28.3 Å². The highest BCUT2D eigenvalue weighted by Gasteiger charge is 2.09. The van der Waals surface area contributed by atoms with E-state index < -0.39 is 11.9 Å². The van der Waals surface area contributed by atoms with Crippen LogP contribution < -0.4 is 16.2 Å². The van der Waals surface area contributed by atoms with E-state index in [0.717, 1.165) is 0 Å². The molecule has 0 aliphatic carbocycles. The van der Waals surface area contributed by atoms with E-state index in [1.807, 2.05) is 6.92 Å². The normalized spacial score (nSPS) is 12.4. The van der Waals surface area contributed by atoms with Crippen molar-refractivity contribution in [2.75, 3.05) is 6.61 Å². The quantitative estimate of drug-likeness (QED) is 0.663. The predicted molar refractivity (Wildman–Crippen MR) is 55.2 cm³/mol. The molecule has 0 radical (unpaired) electrons. The smallest absolute Gasteiger partial charge is 0.234 e. The van der Waals surface area contributed by atoms with Crippen LogP contribution in [0.2, 0.25) is 0 Å². The van der Waals surface area contributed by atoms with Crippen molar-refractivity contribution in [1.29, 1.82) is 0 Å². The van der Waals surface area contributed by atoms with Crippen molar-refractivity contribution in [3.8, 4) is 5.75 Å². The van der Waals surface area contributed by atoms with Gasteiger partial charge in [0, 0.05) is 6.54 Å². The van der Waals surface area contributed by atoms with Gasteiger partial charge in [-0.3, -0.25) is 9.48 Å². The lowest BCUT2D eigenvalue weighted by Crippen LogP contribution is -2.37. The lowest BCUT2D eigenvalue weighted by molar-refractivity contribution is -0.119. The van der Waals surface area contributed by atoms with Gasteiger partial charge in [0.1, 0.15) is 0 Å². The third-order valence-corrected chi connectivity index (χ3v) is 1.96. The Bertz CT molecular complexity index is 324. The summed E-state index contributed by atoms with van der Waals surface area (Å²) < 4.78 is 6.91. The number of amides is 1. The van der Waals surface area contributed by atoms with Crippen molar-refractivity contribution < 1.29 is 9.53 Å². The summed E-state index contributed by atoms with van der Waals surface area (Å²) in [4.78, 5) is 10.7. The van der Waals surface area contributed by atoms with Crippen molar-refractivity contribution in [2.24, 2.45) is 11.5 Å². The van der Waals surface area contributed by atoms with Crippen LogP contribution in [0.15, 0.2) is 12.4 Å². The van der Waals surface area contributed by atoms with Gasteiger partial charge in [-0.25, -0.2) is 0 Å². The van der Waals surface area contributed by atoms with E-state index in [1.165, 1.54) is 0 Å². The minimum absolute atomic E-state index is 0.475. The molecule has 0 saturated heterocycles. The van der Waals surface area contributed by atoms with E-state index >= 15 is 0 Å². The number of carbonyl (C=O) groups is 1. The Labute approximate surface area is 88.2 Å². The van der Waals surface area contributed by atoms with Gasteiger partial charge in [0.25, 0.3) is 0 Å². The van der Waals surface area contributed by atoms with Crippen molar-refractivity contribution in [1.82, 2.24) is 9.78 Å². The van der Waals surface area contributed by atoms with E-state index in [0.29, 0.717) is 25.3 Å². The summed E-state index contributed by atoms with van der Waals surface area (Å²) in [7, 11) is 0. The van der Waals surface area contributed by atoms with Gasteiger partial charge < -0.3 is 16.2 Å². The van der Waals surface area contributed by atoms with E-state index in [2.05, 4.69) is 5.10 Å². The number of nitrogens with two attached hydrogens (primary N) is 2. The second kappa shape index (κ2) is 5.35. The van der Waals surface area contributed by atoms with Crippen molar-refractivity contribution in [3.05, 3.63) is 12.4 Å². The molecule has 4 N–H and O–H groups in total. The fraction of sp³-hybridized carbons (Fsp3) is 0.556. The number of aryl methyl sites for hydroxylation is 1. The first kappa shape index (κ1) is 11.5. The predicted octanol–water partition coefficient (Wildman–Crippen LogP) is -0.515. The third-order valence-electron chi connectivity index (χ3n) is 1.96. The van der Waals surface area contributed by atoms with E-state index in [1.54, 1.807) is 17.1 Å². The van der Waals surface area contributed by atoms with Crippen LogP contribution in [0.4, 0.5) is 0 Å². The molecule has 0 aliphatic rings. The molecule has 84 valence electrons. The minimum Gasteiger partial charge on any atom is -0.491 e. The summed E-state index contributed by atoms with van der Waals surface area (Å²) in [5.74, 6) is 0.220. The molecule has 0 spiro atoms. The van der Waals surface area contributed by atoms with Gasteiger partial charge >= 0.3 is 0 Å². The molecule has 15 heavy (non-hydrogen) atoms. The van der Waals surface area contributed by atoms with Crippen LogP contribution in [0.25, 0.3) is 0 Å². The Hall–Kier alpha value is -1.56. The lowest BCUT2D eigenvalue weighted by Gasteiger charge is -2.06. The van der Waals surface area contributed by atoms with Crippen molar-refractivity contribution in [3.63, 3.8) is 0 Å². The Kier molecular flexibility index (Phi) is 4.11. The first-order valence-corrected chi connectivity index (χ1v) is 4.83. The van der Waals surface area contributed by atoms with Crippen LogP contribution in [0.1, 0.15) is 13.3 Å². The fourth-order valence-electron chi connectivity index (χ4n) is 1.12. The summed E-state index contributed by atoms with van der Waals surface area (Å²) in [6.07, 6.45) is 3.86. The summed E-state index contributed by atoms with van der Waals surface area (Å²) in [6, 6.07) is -0.621. The molecule has 0 aliphatic heterocycles. The molecule has 1 heterocycles. The standard InChI is InChI=1S/C9H16N4O2/c1-2-15-7-5-12-13(6-7)4-3-8(10)9(11)14/h5-6,8H,2-4,10H2,1H3,(H2,11,14). The third kappa shape index (κ3) is 3.59. The number of aromatic nitrogens is 2. The summed E-state index contributed by atoms with van der Waals surface area (Å²) in [6.45, 7) is 3.06. The molecular weight excluding hydrogens is 196 g/mol. The van der Waals surface area contributed by atoms with Crippen molar-refractivity contribution in [2.45, 2.75) is 25.9 Å². The summed E-state index contributed by atoms with van der Waals surface area (Å²) >= 11 is 0. The molecule has 0 saturated carbocycles. The molecule has 1 aromatic rings. The first-order chi connectivity index (χ1) is 7.13. The molecule has 1 rings (SSSR count). The van der Waals surface area contributed by atoms with Crippen LogP contribution in [0, 0.1) is 0 Å². The van der Waals surface area contributed by atoms with E-state index in [4.69, 9.17) is 16.2 Å². The van der Waals surface area contributed by atoms with Gasteiger partial charge in [-0.1, -0.05) is 0 Å². The highest BCUT2D eigenvalue weighted by Crippen LogP contribution is 2.08. The number of carbonyl (C=O) groups excluding carboxylic acids is 1. The molecule has 0 bridgehead atoms. The highest BCUT2D eigenvalue weighted by molar-refractivity contribution is 5.79. The maximum Gasteiger partial charge on any atom is 0.234 e. The maximum atomic E-state index is 10.7. The fourth-order valence-corrected chi connectivity index (χ4v) is 1.12. The zero-order valence-electron chi connectivity index (χ0n) is 8.72. The highest BCUT2D eigenvalue weighted by atomic mass is 16.5.